The zero-order valence-electron chi connectivity index (χ0n) is 9.70. The van der Waals surface area contributed by atoms with E-state index in [1.807, 2.05) is 13.8 Å². The predicted octanol–water partition coefficient (Wildman–Crippen LogP) is 0.574. The molecule has 1 N–H and O–H groups in total. The monoisotopic (exact) mass is 314 g/mol. The van der Waals surface area contributed by atoms with Crippen molar-refractivity contribution in [2.45, 2.75) is 13.8 Å². The number of nitrogens with zero attached hydrogens (tertiary/aromatic N) is 1. The molecule has 0 amide bonds. The number of hydrogen-bond donors (Lipinski definition) is 1. The van der Waals surface area contributed by atoms with E-state index in [9.17, 15) is 8.42 Å². The van der Waals surface area contributed by atoms with Crippen LogP contribution in [0.25, 0.3) is 0 Å². The van der Waals surface area contributed by atoms with Crippen LogP contribution in [0.1, 0.15) is 13.8 Å². The summed E-state index contributed by atoms with van der Waals surface area (Å²) in [6, 6.07) is 0. The first kappa shape index (κ1) is 14.4. The van der Waals surface area contributed by atoms with Crippen LogP contribution in [0.2, 0.25) is 0 Å². The van der Waals surface area contributed by atoms with Gasteiger partial charge in [0.15, 0.2) is 0 Å². The molecule has 0 radical (unpaired) electrons. The molecule has 1 heterocycles. The second-order valence-corrected chi connectivity index (χ2v) is 6.95. The van der Waals surface area contributed by atoms with Gasteiger partial charge in [0.05, 0.1) is 13.2 Å². The molecule has 5 nitrogen and oxygen atoms in total. The smallest absolute Gasteiger partial charge is 0.279 e. The van der Waals surface area contributed by atoms with E-state index < -0.39 is 10.2 Å². The van der Waals surface area contributed by atoms with Crippen molar-refractivity contribution in [3.63, 3.8) is 0 Å². The van der Waals surface area contributed by atoms with Crippen LogP contribution in [0.4, 0.5) is 0 Å². The highest BCUT2D eigenvalue weighted by Crippen LogP contribution is 2.17. The lowest BCUT2D eigenvalue weighted by atomic mass is 9.98. The normalized spacial score (nSPS) is 19.9. The van der Waals surface area contributed by atoms with Gasteiger partial charge in [0.2, 0.25) is 0 Å². The third-order valence-electron chi connectivity index (χ3n) is 2.40. The maximum atomic E-state index is 11.9. The molecule has 16 heavy (non-hydrogen) atoms. The van der Waals surface area contributed by atoms with Crippen LogP contribution in [-0.2, 0) is 14.9 Å². The number of nitrogens with one attached hydrogen (secondary N) is 1. The molecule has 0 aromatic rings. The molecule has 0 saturated carbocycles. The van der Waals surface area contributed by atoms with E-state index in [2.05, 4.69) is 20.7 Å². The van der Waals surface area contributed by atoms with E-state index >= 15 is 0 Å². The highest BCUT2D eigenvalue weighted by Gasteiger charge is 2.26. The predicted molar refractivity (Wildman–Crippen MR) is 66.9 cm³/mol. The van der Waals surface area contributed by atoms with Gasteiger partial charge in [0.25, 0.3) is 10.2 Å². The maximum absolute atomic E-state index is 11.9. The summed E-state index contributed by atoms with van der Waals surface area (Å²) < 4.78 is 33.0. The van der Waals surface area contributed by atoms with Gasteiger partial charge in [-0.2, -0.15) is 12.7 Å². The van der Waals surface area contributed by atoms with Gasteiger partial charge in [0.1, 0.15) is 0 Å². The van der Waals surface area contributed by atoms with E-state index in [1.54, 1.807) is 0 Å². The molecule has 1 fully saturated rings. The fourth-order valence-electron chi connectivity index (χ4n) is 1.21. The SMILES string of the molecule is CC(C)(CBr)CNS(=O)(=O)N1CCOCC1. The Hall–Kier alpha value is 0.310. The van der Waals surface area contributed by atoms with Gasteiger partial charge in [-0.15, -0.1) is 0 Å². The molecule has 0 aromatic heterocycles. The molecule has 1 rings (SSSR count). The zero-order chi connectivity index (χ0) is 12.2. The Morgan fingerprint density at radius 1 is 1.38 bits per heavy atom. The summed E-state index contributed by atoms with van der Waals surface area (Å²) in [6.07, 6.45) is 0. The van der Waals surface area contributed by atoms with Crippen LogP contribution in [0.3, 0.4) is 0 Å². The Morgan fingerprint density at radius 2 is 1.94 bits per heavy atom. The molecule has 0 unspecified atom stereocenters. The van der Waals surface area contributed by atoms with Crippen molar-refractivity contribution in [3.8, 4) is 0 Å². The van der Waals surface area contributed by atoms with E-state index in [4.69, 9.17) is 4.74 Å². The van der Waals surface area contributed by atoms with Crippen molar-refractivity contribution in [2.75, 3.05) is 38.2 Å². The lowest BCUT2D eigenvalue weighted by Gasteiger charge is -2.28. The lowest BCUT2D eigenvalue weighted by molar-refractivity contribution is 0.0723. The van der Waals surface area contributed by atoms with Crippen molar-refractivity contribution in [1.29, 1.82) is 0 Å². The molecule has 0 aromatic carbocycles. The van der Waals surface area contributed by atoms with Gasteiger partial charge in [-0.05, 0) is 5.41 Å². The summed E-state index contributed by atoms with van der Waals surface area (Å²) in [4.78, 5) is 0. The van der Waals surface area contributed by atoms with Crippen LogP contribution in [-0.4, -0.2) is 50.9 Å². The van der Waals surface area contributed by atoms with Crippen molar-refractivity contribution >= 4 is 26.1 Å². The topological polar surface area (TPSA) is 58.6 Å². The van der Waals surface area contributed by atoms with Crippen LogP contribution < -0.4 is 4.72 Å². The minimum atomic E-state index is -3.34. The Labute approximate surface area is 106 Å². The van der Waals surface area contributed by atoms with Gasteiger partial charge < -0.3 is 4.74 Å². The van der Waals surface area contributed by atoms with Crippen LogP contribution in [0.15, 0.2) is 0 Å². The summed E-state index contributed by atoms with van der Waals surface area (Å²) in [5.41, 5.74) is -0.0840. The largest absolute Gasteiger partial charge is 0.379 e. The van der Waals surface area contributed by atoms with Gasteiger partial charge >= 0.3 is 0 Å². The van der Waals surface area contributed by atoms with Crippen LogP contribution >= 0.6 is 15.9 Å². The zero-order valence-corrected chi connectivity index (χ0v) is 12.1. The van der Waals surface area contributed by atoms with E-state index in [0.717, 1.165) is 5.33 Å². The van der Waals surface area contributed by atoms with Crippen molar-refractivity contribution in [3.05, 3.63) is 0 Å². The number of rotatable bonds is 5. The summed E-state index contributed by atoms with van der Waals surface area (Å²) in [5.74, 6) is 0. The van der Waals surface area contributed by atoms with Gasteiger partial charge in [-0.25, -0.2) is 4.72 Å². The molecule has 1 aliphatic heterocycles. The average Bonchev–Trinajstić information content (AvgIpc) is 2.28. The molecule has 1 saturated heterocycles. The number of morpholine rings is 1. The minimum Gasteiger partial charge on any atom is -0.379 e. The highest BCUT2D eigenvalue weighted by molar-refractivity contribution is 9.09. The molecule has 0 spiro atoms. The first-order valence-corrected chi connectivity index (χ1v) is 7.82. The third kappa shape index (κ3) is 4.29. The summed E-state index contributed by atoms with van der Waals surface area (Å²) in [7, 11) is -3.34. The number of ether oxygens (including phenoxy) is 1. The van der Waals surface area contributed by atoms with Crippen molar-refractivity contribution in [1.82, 2.24) is 9.03 Å². The fraction of sp³-hybridized carbons (Fsp3) is 1.00. The summed E-state index contributed by atoms with van der Waals surface area (Å²) in [5, 5.41) is 0.756. The molecule has 7 heteroatoms. The summed E-state index contributed by atoms with van der Waals surface area (Å²) >= 11 is 3.37. The fourth-order valence-corrected chi connectivity index (χ4v) is 2.80. The maximum Gasteiger partial charge on any atom is 0.279 e. The molecular formula is C9H19BrN2O3S. The number of hydrogen-bond acceptors (Lipinski definition) is 3. The van der Waals surface area contributed by atoms with Crippen molar-refractivity contribution in [2.24, 2.45) is 5.41 Å². The van der Waals surface area contributed by atoms with Gasteiger partial charge in [-0.1, -0.05) is 29.8 Å². The lowest BCUT2D eigenvalue weighted by Crippen LogP contribution is -2.48. The quantitative estimate of drug-likeness (QED) is 0.755. The van der Waals surface area contributed by atoms with Crippen LogP contribution in [0.5, 0.6) is 0 Å². The minimum absolute atomic E-state index is 0.0840. The van der Waals surface area contributed by atoms with Crippen LogP contribution in [0, 0.1) is 5.41 Å². The second kappa shape index (κ2) is 5.77. The Bertz CT molecular complexity index is 313. The van der Waals surface area contributed by atoms with E-state index in [-0.39, 0.29) is 5.41 Å². The molecule has 1 aliphatic rings. The first-order valence-electron chi connectivity index (χ1n) is 5.26. The highest BCUT2D eigenvalue weighted by atomic mass is 79.9. The molecule has 96 valence electrons. The average molecular weight is 315 g/mol. The van der Waals surface area contributed by atoms with Crippen molar-refractivity contribution < 1.29 is 13.2 Å². The second-order valence-electron chi connectivity index (χ2n) is 4.64. The number of halogens is 1. The molecular weight excluding hydrogens is 296 g/mol. The van der Waals surface area contributed by atoms with Gasteiger partial charge in [-0.3, -0.25) is 0 Å². The Morgan fingerprint density at radius 3 is 2.44 bits per heavy atom. The number of alkyl halides is 1. The van der Waals surface area contributed by atoms with E-state index in [0.29, 0.717) is 32.8 Å². The standard InChI is InChI=1S/C9H19BrN2O3S/c1-9(2,7-10)8-11-16(13,14)12-3-5-15-6-4-12/h11H,3-8H2,1-2H3. The molecule has 0 bridgehead atoms. The third-order valence-corrected chi connectivity index (χ3v) is 5.48. The molecule has 0 aliphatic carbocycles. The van der Waals surface area contributed by atoms with E-state index in [1.165, 1.54) is 4.31 Å². The summed E-state index contributed by atoms with van der Waals surface area (Å²) in [6.45, 7) is 6.25. The Balaban J connectivity index is 2.51. The Kier molecular flexibility index (Phi) is 5.18. The molecule has 0 atom stereocenters. The van der Waals surface area contributed by atoms with Gasteiger partial charge in [0, 0.05) is 25.0 Å². The first-order chi connectivity index (χ1) is 7.37.